The molecule has 0 saturated carbocycles. The third-order valence-electron chi connectivity index (χ3n) is 4.25. The minimum Gasteiger partial charge on any atom is -0.496 e. The Morgan fingerprint density at radius 2 is 2.20 bits per heavy atom. The number of methoxy groups -OCH3 is 1. The molecule has 0 spiro atoms. The van der Waals surface area contributed by atoms with Crippen molar-refractivity contribution in [1.29, 1.82) is 0 Å². The standard InChI is InChI=1S/C19H24N2O3S/c1-23-18-7-3-2-5-15(18)12-21(13-17-6-4-10-25-17)19(22)11-16-14-24-9-8-20-16/h2-7,10,16,20H,8-9,11-14H2,1H3. The van der Waals surface area contributed by atoms with Crippen LogP contribution in [0.3, 0.4) is 0 Å². The van der Waals surface area contributed by atoms with Gasteiger partial charge in [-0.1, -0.05) is 24.3 Å². The van der Waals surface area contributed by atoms with Crippen LogP contribution in [0, 0.1) is 0 Å². The van der Waals surface area contributed by atoms with E-state index in [-0.39, 0.29) is 11.9 Å². The van der Waals surface area contributed by atoms with E-state index < -0.39 is 0 Å². The summed E-state index contributed by atoms with van der Waals surface area (Å²) in [5, 5.41) is 5.39. The maximum atomic E-state index is 12.9. The van der Waals surface area contributed by atoms with Gasteiger partial charge in [-0.2, -0.15) is 0 Å². The molecule has 0 aliphatic carbocycles. The fourth-order valence-corrected chi connectivity index (χ4v) is 3.67. The molecule has 0 bridgehead atoms. The summed E-state index contributed by atoms with van der Waals surface area (Å²) in [4.78, 5) is 16.0. The number of para-hydroxylation sites is 1. The predicted octanol–water partition coefficient (Wildman–Crippen LogP) is 2.66. The third kappa shape index (κ3) is 5.04. The number of hydrogen-bond donors (Lipinski definition) is 1. The summed E-state index contributed by atoms with van der Waals surface area (Å²) < 4.78 is 10.9. The van der Waals surface area contributed by atoms with Gasteiger partial charge in [0.1, 0.15) is 5.75 Å². The number of benzene rings is 1. The molecule has 1 fully saturated rings. The maximum absolute atomic E-state index is 12.9. The first-order valence-corrected chi connectivity index (χ1v) is 9.37. The number of morpholine rings is 1. The number of thiophene rings is 1. The minimum atomic E-state index is 0.0877. The summed E-state index contributed by atoms with van der Waals surface area (Å²) >= 11 is 1.67. The Kier molecular flexibility index (Phi) is 6.44. The Morgan fingerprint density at radius 1 is 1.32 bits per heavy atom. The topological polar surface area (TPSA) is 50.8 Å². The second kappa shape index (κ2) is 8.99. The van der Waals surface area contributed by atoms with E-state index in [1.54, 1.807) is 18.4 Å². The molecule has 3 rings (SSSR count). The SMILES string of the molecule is COc1ccccc1CN(Cc1cccs1)C(=O)CC1COCCN1. The number of rotatable bonds is 7. The fourth-order valence-electron chi connectivity index (χ4n) is 2.95. The molecule has 1 aliphatic rings. The van der Waals surface area contributed by atoms with Crippen molar-refractivity contribution in [2.24, 2.45) is 0 Å². The van der Waals surface area contributed by atoms with Crippen molar-refractivity contribution in [3.8, 4) is 5.75 Å². The number of nitrogens with one attached hydrogen (secondary N) is 1. The van der Waals surface area contributed by atoms with Gasteiger partial charge in [-0.3, -0.25) is 4.79 Å². The largest absolute Gasteiger partial charge is 0.496 e. The summed E-state index contributed by atoms with van der Waals surface area (Å²) in [7, 11) is 1.66. The molecule has 1 N–H and O–H groups in total. The molecule has 1 saturated heterocycles. The summed E-state index contributed by atoms with van der Waals surface area (Å²) in [5.41, 5.74) is 1.02. The van der Waals surface area contributed by atoms with Crippen LogP contribution in [0.25, 0.3) is 0 Å². The van der Waals surface area contributed by atoms with E-state index in [0.29, 0.717) is 32.7 Å². The summed E-state index contributed by atoms with van der Waals surface area (Å²) in [6.45, 7) is 3.25. The van der Waals surface area contributed by atoms with Gasteiger partial charge in [0.2, 0.25) is 5.91 Å². The van der Waals surface area contributed by atoms with Gasteiger partial charge in [0, 0.05) is 36.0 Å². The molecular formula is C19H24N2O3S. The molecule has 1 aromatic heterocycles. The van der Waals surface area contributed by atoms with Gasteiger partial charge in [0.15, 0.2) is 0 Å². The van der Waals surface area contributed by atoms with E-state index in [1.165, 1.54) is 4.88 Å². The fraction of sp³-hybridized carbons (Fsp3) is 0.421. The highest BCUT2D eigenvalue weighted by molar-refractivity contribution is 7.09. The maximum Gasteiger partial charge on any atom is 0.224 e. The van der Waals surface area contributed by atoms with Crippen molar-refractivity contribution in [3.05, 3.63) is 52.2 Å². The van der Waals surface area contributed by atoms with Crippen LogP contribution in [0.4, 0.5) is 0 Å². The number of carbonyl (C=O) groups excluding carboxylic acids is 1. The van der Waals surface area contributed by atoms with Crippen molar-refractivity contribution in [2.45, 2.75) is 25.6 Å². The molecule has 25 heavy (non-hydrogen) atoms. The van der Waals surface area contributed by atoms with Gasteiger partial charge in [-0.15, -0.1) is 11.3 Å². The highest BCUT2D eigenvalue weighted by atomic mass is 32.1. The highest BCUT2D eigenvalue weighted by Gasteiger charge is 2.22. The number of carbonyl (C=O) groups is 1. The summed E-state index contributed by atoms with van der Waals surface area (Å²) in [6.07, 6.45) is 0.445. The summed E-state index contributed by atoms with van der Waals surface area (Å²) in [6, 6.07) is 12.0. The zero-order chi connectivity index (χ0) is 17.5. The molecule has 6 heteroatoms. The lowest BCUT2D eigenvalue weighted by molar-refractivity contribution is -0.133. The molecule has 5 nitrogen and oxygen atoms in total. The molecule has 1 unspecified atom stereocenters. The van der Waals surface area contributed by atoms with Crippen molar-refractivity contribution in [2.75, 3.05) is 26.9 Å². The van der Waals surface area contributed by atoms with Crippen LogP contribution in [0.5, 0.6) is 5.75 Å². The number of amides is 1. The Morgan fingerprint density at radius 3 is 2.92 bits per heavy atom. The van der Waals surface area contributed by atoms with E-state index >= 15 is 0 Å². The zero-order valence-electron chi connectivity index (χ0n) is 14.4. The molecule has 1 amide bonds. The van der Waals surface area contributed by atoms with Crippen LogP contribution in [0.15, 0.2) is 41.8 Å². The normalized spacial score (nSPS) is 17.2. The Labute approximate surface area is 152 Å². The first-order valence-electron chi connectivity index (χ1n) is 8.49. The van der Waals surface area contributed by atoms with Crippen LogP contribution in [0.2, 0.25) is 0 Å². The number of ether oxygens (including phenoxy) is 2. The molecule has 2 aromatic rings. The van der Waals surface area contributed by atoms with E-state index in [1.807, 2.05) is 40.6 Å². The van der Waals surface area contributed by atoms with Crippen LogP contribution in [0.1, 0.15) is 16.9 Å². The van der Waals surface area contributed by atoms with Gasteiger partial charge < -0.3 is 19.7 Å². The molecule has 0 radical (unpaired) electrons. The Bertz CT molecular complexity index is 669. The average Bonchev–Trinajstić information content (AvgIpc) is 3.15. The van der Waals surface area contributed by atoms with E-state index in [0.717, 1.165) is 17.9 Å². The van der Waals surface area contributed by atoms with Crippen molar-refractivity contribution in [1.82, 2.24) is 10.2 Å². The van der Waals surface area contributed by atoms with Gasteiger partial charge in [0.05, 0.1) is 26.9 Å². The molecule has 1 aliphatic heterocycles. The Hall–Kier alpha value is -1.89. The van der Waals surface area contributed by atoms with Gasteiger partial charge in [-0.05, 0) is 17.5 Å². The van der Waals surface area contributed by atoms with Crippen LogP contribution in [-0.2, 0) is 22.6 Å². The lowest BCUT2D eigenvalue weighted by atomic mass is 10.1. The van der Waals surface area contributed by atoms with Gasteiger partial charge in [-0.25, -0.2) is 0 Å². The van der Waals surface area contributed by atoms with E-state index in [4.69, 9.17) is 9.47 Å². The van der Waals surface area contributed by atoms with E-state index in [2.05, 4.69) is 11.4 Å². The minimum absolute atomic E-state index is 0.0877. The molecule has 1 atom stereocenters. The second-order valence-corrected chi connectivity index (χ2v) is 7.10. The van der Waals surface area contributed by atoms with Crippen LogP contribution in [-0.4, -0.2) is 43.7 Å². The Balaban J connectivity index is 1.73. The number of nitrogens with zero attached hydrogens (tertiary/aromatic N) is 1. The van der Waals surface area contributed by atoms with E-state index in [9.17, 15) is 4.79 Å². The highest BCUT2D eigenvalue weighted by Crippen LogP contribution is 2.22. The molecule has 2 heterocycles. The lowest BCUT2D eigenvalue weighted by Gasteiger charge is -2.28. The zero-order valence-corrected chi connectivity index (χ0v) is 15.3. The van der Waals surface area contributed by atoms with Gasteiger partial charge >= 0.3 is 0 Å². The van der Waals surface area contributed by atoms with Crippen LogP contribution < -0.4 is 10.1 Å². The van der Waals surface area contributed by atoms with Crippen molar-refractivity contribution < 1.29 is 14.3 Å². The van der Waals surface area contributed by atoms with Gasteiger partial charge in [0.25, 0.3) is 0 Å². The first-order chi connectivity index (χ1) is 12.3. The quantitative estimate of drug-likeness (QED) is 0.825. The molecular weight excluding hydrogens is 336 g/mol. The van der Waals surface area contributed by atoms with Crippen LogP contribution >= 0.6 is 11.3 Å². The first kappa shape index (κ1) is 17.9. The average molecular weight is 360 g/mol. The molecule has 134 valence electrons. The summed E-state index contributed by atoms with van der Waals surface area (Å²) in [5.74, 6) is 0.938. The number of hydrogen-bond acceptors (Lipinski definition) is 5. The predicted molar refractivity (Wildman–Crippen MR) is 98.8 cm³/mol. The van der Waals surface area contributed by atoms with Crippen molar-refractivity contribution >= 4 is 17.2 Å². The lowest BCUT2D eigenvalue weighted by Crippen LogP contribution is -2.44. The smallest absolute Gasteiger partial charge is 0.224 e. The third-order valence-corrected chi connectivity index (χ3v) is 5.11. The molecule has 1 aromatic carbocycles. The second-order valence-electron chi connectivity index (χ2n) is 6.07. The van der Waals surface area contributed by atoms with Crippen molar-refractivity contribution in [3.63, 3.8) is 0 Å². The monoisotopic (exact) mass is 360 g/mol.